The number of halogens is 6. The van der Waals surface area contributed by atoms with Crippen molar-refractivity contribution in [3.8, 4) is 6.07 Å². The average molecular weight is 332 g/mol. The third-order valence-electron chi connectivity index (χ3n) is 3.43. The molecule has 1 aromatic carbocycles. The lowest BCUT2D eigenvalue weighted by Gasteiger charge is -2.26. The quantitative estimate of drug-likeness (QED) is 0.713. The summed E-state index contributed by atoms with van der Waals surface area (Å²) >= 11 is 0. The van der Waals surface area contributed by atoms with Crippen LogP contribution in [0.3, 0.4) is 0 Å². The maximum Gasteiger partial charge on any atom is 0.416 e. The topological polar surface area (TPSA) is 36.1 Å². The van der Waals surface area contributed by atoms with Gasteiger partial charge in [-0.3, -0.25) is 4.99 Å². The molecular weight excluding hydrogens is 322 g/mol. The van der Waals surface area contributed by atoms with Crippen LogP contribution in [0.5, 0.6) is 0 Å². The van der Waals surface area contributed by atoms with Gasteiger partial charge in [-0.25, -0.2) is 0 Å². The Morgan fingerprint density at radius 3 is 2.43 bits per heavy atom. The Morgan fingerprint density at radius 2 is 1.87 bits per heavy atom. The zero-order valence-corrected chi connectivity index (χ0v) is 11.5. The highest BCUT2D eigenvalue weighted by Gasteiger charge is 2.45. The van der Waals surface area contributed by atoms with Gasteiger partial charge >= 0.3 is 12.4 Å². The number of benzene rings is 1. The molecule has 2 rings (SSSR count). The molecule has 0 radical (unpaired) electrons. The van der Waals surface area contributed by atoms with Crippen molar-refractivity contribution >= 4 is 5.71 Å². The molecule has 0 saturated carbocycles. The van der Waals surface area contributed by atoms with E-state index in [1.54, 1.807) is 6.07 Å². The fourth-order valence-electron chi connectivity index (χ4n) is 2.33. The fourth-order valence-corrected chi connectivity index (χ4v) is 2.33. The summed E-state index contributed by atoms with van der Waals surface area (Å²) in [6.45, 7) is 0. The molecule has 0 fully saturated rings. The van der Waals surface area contributed by atoms with Gasteiger partial charge in [0.1, 0.15) is 5.92 Å². The van der Waals surface area contributed by atoms with Gasteiger partial charge in [0.05, 0.1) is 23.3 Å². The summed E-state index contributed by atoms with van der Waals surface area (Å²) < 4.78 is 77.4. The number of nitriles is 1. The van der Waals surface area contributed by atoms with Gasteiger partial charge in [-0.1, -0.05) is 24.3 Å². The molecule has 122 valence electrons. The largest absolute Gasteiger partial charge is 0.416 e. The Hall–Kier alpha value is -2.30. The fraction of sp³-hybridized carbons (Fsp3) is 0.333. The van der Waals surface area contributed by atoms with Crippen LogP contribution in [-0.2, 0) is 6.18 Å². The van der Waals surface area contributed by atoms with Crippen molar-refractivity contribution in [2.45, 2.75) is 24.7 Å². The number of rotatable bonds is 2. The number of hydrogen-bond donors (Lipinski definition) is 0. The molecule has 0 saturated heterocycles. The first-order chi connectivity index (χ1) is 10.6. The van der Waals surface area contributed by atoms with Gasteiger partial charge in [-0.05, 0) is 18.1 Å². The van der Waals surface area contributed by atoms with Gasteiger partial charge in [0.25, 0.3) is 0 Å². The maximum absolute atomic E-state index is 13.1. The molecule has 1 aliphatic rings. The second-order valence-electron chi connectivity index (χ2n) is 4.95. The van der Waals surface area contributed by atoms with E-state index >= 15 is 0 Å². The van der Waals surface area contributed by atoms with Crippen LogP contribution in [0.15, 0.2) is 41.5 Å². The highest BCUT2D eigenvalue weighted by atomic mass is 19.4. The lowest BCUT2D eigenvalue weighted by Crippen LogP contribution is -2.34. The van der Waals surface area contributed by atoms with Crippen molar-refractivity contribution < 1.29 is 26.3 Å². The average Bonchev–Trinajstić information content (AvgIpc) is 2.47. The van der Waals surface area contributed by atoms with E-state index in [0.717, 1.165) is 18.3 Å². The number of alkyl halides is 6. The van der Waals surface area contributed by atoms with Crippen LogP contribution in [0.25, 0.3) is 0 Å². The molecule has 1 heterocycles. The molecular formula is C15H10F6N2. The monoisotopic (exact) mass is 332 g/mol. The van der Waals surface area contributed by atoms with Gasteiger partial charge in [0.15, 0.2) is 0 Å². The molecule has 0 spiro atoms. The Balaban J connectivity index is 2.46. The van der Waals surface area contributed by atoms with Crippen molar-refractivity contribution in [1.29, 1.82) is 5.26 Å². The first-order valence-electron chi connectivity index (χ1n) is 6.50. The molecule has 0 aliphatic carbocycles. The van der Waals surface area contributed by atoms with Crippen molar-refractivity contribution in [1.82, 2.24) is 0 Å². The third kappa shape index (κ3) is 3.73. The van der Waals surface area contributed by atoms with E-state index in [9.17, 15) is 31.6 Å². The Morgan fingerprint density at radius 1 is 1.17 bits per heavy atom. The molecule has 2 nitrogen and oxygen atoms in total. The molecule has 23 heavy (non-hydrogen) atoms. The number of allylic oxidation sites excluding steroid dienone is 1. The highest BCUT2D eigenvalue weighted by Crippen LogP contribution is 2.38. The number of aliphatic imine (C=N–C) groups is 1. The highest BCUT2D eigenvalue weighted by molar-refractivity contribution is 5.96. The lowest BCUT2D eigenvalue weighted by atomic mass is 9.84. The molecule has 0 amide bonds. The second kappa shape index (κ2) is 6.07. The van der Waals surface area contributed by atoms with Crippen LogP contribution < -0.4 is 0 Å². The molecule has 1 aromatic rings. The van der Waals surface area contributed by atoms with Crippen LogP contribution in [0.4, 0.5) is 26.3 Å². The minimum Gasteiger partial charge on any atom is -0.264 e. The predicted molar refractivity (Wildman–Crippen MR) is 70.5 cm³/mol. The summed E-state index contributed by atoms with van der Waals surface area (Å²) in [6, 6.07) is 5.36. The molecule has 0 unspecified atom stereocenters. The van der Waals surface area contributed by atoms with Crippen LogP contribution >= 0.6 is 0 Å². The van der Waals surface area contributed by atoms with E-state index in [1.165, 1.54) is 12.1 Å². The van der Waals surface area contributed by atoms with E-state index in [2.05, 4.69) is 4.99 Å². The Bertz CT molecular complexity index is 678. The molecule has 1 aliphatic heterocycles. The summed E-state index contributed by atoms with van der Waals surface area (Å²) in [4.78, 5) is 3.63. The summed E-state index contributed by atoms with van der Waals surface area (Å²) in [7, 11) is 0. The predicted octanol–water partition coefficient (Wildman–Crippen LogP) is 4.85. The van der Waals surface area contributed by atoms with E-state index in [4.69, 9.17) is 0 Å². The zero-order valence-electron chi connectivity index (χ0n) is 11.5. The van der Waals surface area contributed by atoms with E-state index in [0.29, 0.717) is 6.07 Å². The van der Waals surface area contributed by atoms with Crippen molar-refractivity contribution in [2.75, 3.05) is 0 Å². The summed E-state index contributed by atoms with van der Waals surface area (Å²) in [5, 5.41) is 9.21. The van der Waals surface area contributed by atoms with E-state index < -0.39 is 35.5 Å². The van der Waals surface area contributed by atoms with Crippen LogP contribution in [-0.4, -0.2) is 11.9 Å². The Labute approximate surface area is 127 Å². The van der Waals surface area contributed by atoms with Crippen molar-refractivity contribution in [3.63, 3.8) is 0 Å². The van der Waals surface area contributed by atoms with E-state index in [1.807, 2.05) is 0 Å². The normalized spacial score (nSPS) is 19.9. The SMILES string of the molecule is N#C[C@H](C1=NC=CC[C@@H]1C(F)(F)F)c1cccc(C(F)(F)F)c1. The van der Waals surface area contributed by atoms with E-state index in [-0.39, 0.29) is 12.0 Å². The van der Waals surface area contributed by atoms with Gasteiger partial charge < -0.3 is 0 Å². The van der Waals surface area contributed by atoms with Crippen LogP contribution in [0.2, 0.25) is 0 Å². The minimum atomic E-state index is -4.65. The number of nitrogens with zero attached hydrogens (tertiary/aromatic N) is 2. The summed E-state index contributed by atoms with van der Waals surface area (Å²) in [5.41, 5.74) is -1.67. The number of hydrogen-bond acceptors (Lipinski definition) is 2. The van der Waals surface area contributed by atoms with Crippen LogP contribution in [0.1, 0.15) is 23.5 Å². The van der Waals surface area contributed by atoms with Gasteiger partial charge in [0, 0.05) is 6.20 Å². The second-order valence-corrected chi connectivity index (χ2v) is 4.95. The molecule has 0 N–H and O–H groups in total. The standard InChI is InChI=1S/C15H10F6N2/c16-14(17,18)10-4-1-3-9(7-10)11(8-22)13-12(15(19,20)21)5-2-6-23-13/h1-4,6-7,11-12H,5H2/t11-,12-/m0/s1. The van der Waals surface area contributed by atoms with Crippen molar-refractivity contribution in [2.24, 2.45) is 10.9 Å². The molecule has 2 atom stereocenters. The summed E-state index contributed by atoms with van der Waals surface area (Å²) in [6.07, 6.45) is -7.31. The molecule has 0 bridgehead atoms. The van der Waals surface area contributed by atoms with Gasteiger partial charge in [0.2, 0.25) is 0 Å². The first-order valence-corrected chi connectivity index (χ1v) is 6.50. The molecule has 0 aromatic heterocycles. The maximum atomic E-state index is 13.1. The zero-order chi connectivity index (χ0) is 17.3. The van der Waals surface area contributed by atoms with Crippen LogP contribution in [0, 0.1) is 17.2 Å². The smallest absolute Gasteiger partial charge is 0.264 e. The first kappa shape index (κ1) is 17.1. The third-order valence-corrected chi connectivity index (χ3v) is 3.43. The molecule has 8 heteroatoms. The minimum absolute atomic E-state index is 0.161. The van der Waals surface area contributed by atoms with Gasteiger partial charge in [-0.2, -0.15) is 31.6 Å². The Kier molecular flexibility index (Phi) is 4.50. The van der Waals surface area contributed by atoms with Crippen molar-refractivity contribution in [3.05, 3.63) is 47.7 Å². The lowest BCUT2D eigenvalue weighted by molar-refractivity contribution is -0.155. The van der Waals surface area contributed by atoms with Gasteiger partial charge in [-0.15, -0.1) is 0 Å². The summed E-state index contributed by atoms with van der Waals surface area (Å²) in [5.74, 6) is -3.47.